The van der Waals surface area contributed by atoms with Crippen molar-refractivity contribution in [2.75, 3.05) is 19.7 Å². The van der Waals surface area contributed by atoms with Crippen LogP contribution in [-0.4, -0.2) is 48.0 Å². The fraction of sp³-hybridized carbons (Fsp3) is 0.600. The number of hydrogen-bond donors (Lipinski definition) is 1. The van der Waals surface area contributed by atoms with Crippen molar-refractivity contribution in [3.05, 3.63) is 46.5 Å². The SMILES string of the molecule is O=C(CCc1ccccc1)N[C@H]1CC[C@H](CCN2CCc3sc(OCC(F)F)nc3C2)CC1. The molecule has 0 unspecified atom stereocenters. The zero-order chi connectivity index (χ0) is 23.0. The highest BCUT2D eigenvalue weighted by Gasteiger charge is 2.25. The van der Waals surface area contributed by atoms with E-state index in [4.69, 9.17) is 4.74 Å². The first-order valence-corrected chi connectivity index (χ1v) is 12.8. The number of carbonyl (C=O) groups is 1. The third kappa shape index (κ3) is 7.47. The van der Waals surface area contributed by atoms with Crippen LogP contribution in [-0.2, 0) is 24.2 Å². The molecule has 180 valence electrons. The van der Waals surface area contributed by atoms with Crippen molar-refractivity contribution in [1.82, 2.24) is 15.2 Å². The molecule has 1 aromatic carbocycles. The second-order valence-corrected chi connectivity index (χ2v) is 10.2. The molecule has 1 N–H and O–H groups in total. The minimum absolute atomic E-state index is 0.159. The number of aromatic nitrogens is 1. The number of alkyl halides is 2. The molecule has 2 aliphatic rings. The van der Waals surface area contributed by atoms with E-state index in [2.05, 4.69) is 27.3 Å². The van der Waals surface area contributed by atoms with Crippen molar-refractivity contribution in [1.29, 1.82) is 0 Å². The van der Waals surface area contributed by atoms with E-state index >= 15 is 0 Å². The Labute approximate surface area is 198 Å². The van der Waals surface area contributed by atoms with E-state index in [1.54, 1.807) is 0 Å². The average Bonchev–Trinajstić information content (AvgIpc) is 3.24. The van der Waals surface area contributed by atoms with Crippen molar-refractivity contribution in [2.45, 2.75) is 70.4 Å². The van der Waals surface area contributed by atoms with Crippen molar-refractivity contribution >= 4 is 17.2 Å². The molecule has 4 rings (SSSR count). The molecule has 1 saturated carbocycles. The first-order valence-electron chi connectivity index (χ1n) is 12.0. The van der Waals surface area contributed by atoms with Crippen LogP contribution < -0.4 is 10.1 Å². The largest absolute Gasteiger partial charge is 0.464 e. The maximum Gasteiger partial charge on any atom is 0.273 e. The van der Waals surface area contributed by atoms with Crippen molar-refractivity contribution < 1.29 is 18.3 Å². The molecular weight excluding hydrogens is 444 g/mol. The molecule has 1 amide bonds. The van der Waals surface area contributed by atoms with Crippen LogP contribution in [0.15, 0.2) is 30.3 Å². The third-order valence-electron chi connectivity index (χ3n) is 6.67. The maximum atomic E-state index is 12.4. The van der Waals surface area contributed by atoms with Crippen molar-refractivity contribution in [3.8, 4) is 5.19 Å². The van der Waals surface area contributed by atoms with E-state index in [1.807, 2.05) is 18.2 Å². The topological polar surface area (TPSA) is 54.5 Å². The Hall–Kier alpha value is -2.06. The fourth-order valence-electron chi connectivity index (χ4n) is 4.78. The molecule has 2 aromatic rings. The van der Waals surface area contributed by atoms with E-state index in [-0.39, 0.29) is 5.91 Å². The Kier molecular flexibility index (Phi) is 8.67. The average molecular weight is 478 g/mol. The van der Waals surface area contributed by atoms with Crippen LogP contribution in [0.4, 0.5) is 8.78 Å². The number of ether oxygens (including phenoxy) is 1. The summed E-state index contributed by atoms with van der Waals surface area (Å²) in [5.41, 5.74) is 2.19. The number of thiazole rings is 1. The highest BCUT2D eigenvalue weighted by Crippen LogP contribution is 2.31. The molecule has 0 bridgehead atoms. The van der Waals surface area contributed by atoms with Gasteiger partial charge in [0.2, 0.25) is 5.91 Å². The first-order chi connectivity index (χ1) is 16.0. The number of nitrogens with one attached hydrogen (secondary N) is 1. The summed E-state index contributed by atoms with van der Waals surface area (Å²) in [4.78, 5) is 20.3. The first kappa shape index (κ1) is 24.1. The lowest BCUT2D eigenvalue weighted by Gasteiger charge is -2.32. The van der Waals surface area contributed by atoms with Crippen LogP contribution in [0.5, 0.6) is 5.19 Å². The summed E-state index contributed by atoms with van der Waals surface area (Å²) >= 11 is 1.40. The van der Waals surface area contributed by atoms with E-state index in [0.717, 1.165) is 70.3 Å². The van der Waals surface area contributed by atoms with Gasteiger partial charge in [-0.1, -0.05) is 41.7 Å². The zero-order valence-corrected chi connectivity index (χ0v) is 19.8. The van der Waals surface area contributed by atoms with Crippen molar-refractivity contribution in [2.24, 2.45) is 5.92 Å². The molecule has 8 heteroatoms. The van der Waals surface area contributed by atoms with Crippen LogP contribution in [0.2, 0.25) is 0 Å². The monoisotopic (exact) mass is 477 g/mol. The van der Waals surface area contributed by atoms with Crippen LogP contribution in [0.3, 0.4) is 0 Å². The summed E-state index contributed by atoms with van der Waals surface area (Å²) in [6, 6.07) is 10.5. The van der Waals surface area contributed by atoms with Gasteiger partial charge in [-0.3, -0.25) is 9.69 Å². The second kappa shape index (κ2) is 11.9. The van der Waals surface area contributed by atoms with Gasteiger partial charge in [-0.05, 0) is 63.0 Å². The van der Waals surface area contributed by atoms with Crippen LogP contribution in [0.1, 0.15) is 54.7 Å². The van der Waals surface area contributed by atoms with E-state index in [0.29, 0.717) is 23.6 Å². The van der Waals surface area contributed by atoms with E-state index in [9.17, 15) is 13.6 Å². The summed E-state index contributed by atoms with van der Waals surface area (Å²) in [5, 5.41) is 3.60. The number of nitrogens with zero attached hydrogens (tertiary/aromatic N) is 2. The lowest BCUT2D eigenvalue weighted by Crippen LogP contribution is -2.38. The van der Waals surface area contributed by atoms with Gasteiger partial charge < -0.3 is 10.1 Å². The van der Waals surface area contributed by atoms with E-state index in [1.165, 1.54) is 21.8 Å². The molecule has 2 heterocycles. The maximum absolute atomic E-state index is 12.4. The molecule has 0 atom stereocenters. The summed E-state index contributed by atoms with van der Waals surface area (Å²) in [6.07, 6.45) is 5.36. The smallest absolute Gasteiger partial charge is 0.273 e. The quantitative estimate of drug-likeness (QED) is 0.532. The Morgan fingerprint density at radius 2 is 2.00 bits per heavy atom. The summed E-state index contributed by atoms with van der Waals surface area (Å²) in [5.74, 6) is 0.857. The van der Waals surface area contributed by atoms with Gasteiger partial charge in [0, 0.05) is 30.4 Å². The van der Waals surface area contributed by atoms with Crippen molar-refractivity contribution in [3.63, 3.8) is 0 Å². The van der Waals surface area contributed by atoms with Gasteiger partial charge in [0.15, 0.2) is 6.61 Å². The molecule has 1 aliphatic heterocycles. The molecule has 0 radical (unpaired) electrons. The number of rotatable bonds is 10. The van der Waals surface area contributed by atoms with Gasteiger partial charge in [-0.2, -0.15) is 0 Å². The number of amides is 1. The number of halogens is 2. The fourth-order valence-corrected chi connectivity index (χ4v) is 5.69. The normalized spacial score (nSPS) is 21.1. The number of hydrogen-bond acceptors (Lipinski definition) is 5. The van der Waals surface area contributed by atoms with Gasteiger partial charge in [0.05, 0.1) is 5.69 Å². The number of aryl methyl sites for hydroxylation is 1. The predicted octanol–water partition coefficient (Wildman–Crippen LogP) is 4.84. The van der Waals surface area contributed by atoms with Gasteiger partial charge in [0.25, 0.3) is 11.6 Å². The third-order valence-corrected chi connectivity index (χ3v) is 7.74. The molecular formula is C25H33F2N3O2S. The highest BCUT2D eigenvalue weighted by molar-refractivity contribution is 7.13. The molecule has 1 fully saturated rings. The molecule has 0 saturated heterocycles. The van der Waals surface area contributed by atoms with Crippen LogP contribution >= 0.6 is 11.3 Å². The standard InChI is InChI=1S/C25H33F2N3O2S/c26-23(27)17-32-25-29-21-16-30(15-13-22(21)33-25)14-12-19-6-9-20(10-7-19)28-24(31)11-8-18-4-2-1-3-5-18/h1-5,19-20,23H,6-17H2,(H,28,31)/t19-,20-. The minimum Gasteiger partial charge on any atom is -0.464 e. The predicted molar refractivity (Wildman–Crippen MR) is 126 cm³/mol. The highest BCUT2D eigenvalue weighted by atomic mass is 32.1. The number of carbonyl (C=O) groups excluding carboxylic acids is 1. The molecule has 33 heavy (non-hydrogen) atoms. The van der Waals surface area contributed by atoms with Gasteiger partial charge in [-0.25, -0.2) is 13.8 Å². The van der Waals surface area contributed by atoms with Gasteiger partial charge in [0.1, 0.15) is 0 Å². The van der Waals surface area contributed by atoms with Crippen LogP contribution in [0.25, 0.3) is 0 Å². The molecule has 5 nitrogen and oxygen atoms in total. The molecule has 1 aromatic heterocycles. The van der Waals surface area contributed by atoms with Gasteiger partial charge >= 0.3 is 0 Å². The second-order valence-electron chi connectivity index (χ2n) is 9.14. The Morgan fingerprint density at radius 1 is 1.21 bits per heavy atom. The lowest BCUT2D eigenvalue weighted by atomic mass is 9.84. The number of benzene rings is 1. The zero-order valence-electron chi connectivity index (χ0n) is 19.0. The minimum atomic E-state index is -2.47. The van der Waals surface area contributed by atoms with Crippen LogP contribution in [0, 0.1) is 5.92 Å². The van der Waals surface area contributed by atoms with E-state index < -0.39 is 13.0 Å². The summed E-state index contributed by atoms with van der Waals surface area (Å²) in [7, 11) is 0. The Morgan fingerprint density at radius 3 is 2.76 bits per heavy atom. The summed E-state index contributed by atoms with van der Waals surface area (Å²) < 4.78 is 29.8. The lowest BCUT2D eigenvalue weighted by molar-refractivity contribution is -0.122. The molecule has 0 spiro atoms. The summed E-state index contributed by atoms with van der Waals surface area (Å²) in [6.45, 7) is 2.20. The Balaban J connectivity index is 1.12. The molecule has 1 aliphatic carbocycles. The van der Waals surface area contributed by atoms with Gasteiger partial charge in [-0.15, -0.1) is 0 Å². The number of fused-ring (bicyclic) bond motifs is 1. The Bertz CT molecular complexity index is 885.